The third-order valence-corrected chi connectivity index (χ3v) is 7.26. The lowest BCUT2D eigenvalue weighted by atomic mass is 9.61. The Hall–Kier alpha value is -3.04. The standard InChI is InChI=1S/C27H26N2O/c30-22-10-6-9-20(15-22)27-13-14-29(18-19-7-2-1-3-8-19)21(17-27)16-25-26(27)23-11-4-5-12-24(23)28-25/h1-12,15,21,28,30H,13-14,16-18H2/t21-,27-/m1/s1. The molecular formula is C27H26N2O. The first-order valence-electron chi connectivity index (χ1n) is 10.9. The zero-order chi connectivity index (χ0) is 20.1. The summed E-state index contributed by atoms with van der Waals surface area (Å²) in [5, 5.41) is 11.6. The van der Waals surface area contributed by atoms with Crippen molar-refractivity contribution in [1.82, 2.24) is 9.88 Å². The maximum absolute atomic E-state index is 10.3. The van der Waals surface area contributed by atoms with Gasteiger partial charge in [0.2, 0.25) is 0 Å². The Morgan fingerprint density at radius 2 is 1.80 bits per heavy atom. The minimum atomic E-state index is -0.0518. The molecule has 2 N–H and O–H groups in total. The van der Waals surface area contributed by atoms with E-state index in [1.165, 1.54) is 33.3 Å². The van der Waals surface area contributed by atoms with Gasteiger partial charge < -0.3 is 10.1 Å². The first kappa shape index (κ1) is 17.8. The molecule has 1 aliphatic carbocycles. The maximum Gasteiger partial charge on any atom is 0.115 e. The average molecular weight is 395 g/mol. The van der Waals surface area contributed by atoms with Gasteiger partial charge in [0.15, 0.2) is 0 Å². The number of nitrogens with one attached hydrogen (secondary N) is 1. The van der Waals surface area contributed by atoms with Gasteiger partial charge in [-0.25, -0.2) is 0 Å². The van der Waals surface area contributed by atoms with E-state index in [0.29, 0.717) is 11.8 Å². The normalized spacial score (nSPS) is 23.4. The van der Waals surface area contributed by atoms with Crippen LogP contribution in [0.4, 0.5) is 0 Å². The largest absolute Gasteiger partial charge is 0.508 e. The van der Waals surface area contributed by atoms with E-state index in [1.807, 2.05) is 12.1 Å². The molecule has 30 heavy (non-hydrogen) atoms. The second-order valence-electron chi connectivity index (χ2n) is 8.92. The van der Waals surface area contributed by atoms with Crippen molar-refractivity contribution in [3.63, 3.8) is 0 Å². The number of aromatic hydroxyl groups is 1. The topological polar surface area (TPSA) is 39.3 Å². The highest BCUT2D eigenvalue weighted by atomic mass is 16.3. The van der Waals surface area contributed by atoms with Crippen molar-refractivity contribution in [2.24, 2.45) is 0 Å². The maximum atomic E-state index is 10.3. The lowest BCUT2D eigenvalue weighted by Gasteiger charge is -2.51. The summed E-state index contributed by atoms with van der Waals surface area (Å²) in [6, 6.07) is 28.0. The van der Waals surface area contributed by atoms with Gasteiger partial charge in [0, 0.05) is 41.0 Å². The number of hydrogen-bond acceptors (Lipinski definition) is 2. The number of likely N-dealkylation sites (tertiary alicyclic amines) is 1. The summed E-state index contributed by atoms with van der Waals surface area (Å²) in [6.07, 6.45) is 3.21. The van der Waals surface area contributed by atoms with Crippen LogP contribution in [0.1, 0.15) is 35.2 Å². The van der Waals surface area contributed by atoms with Crippen LogP contribution in [0.3, 0.4) is 0 Å². The summed E-state index contributed by atoms with van der Waals surface area (Å²) in [5.41, 5.74) is 6.63. The summed E-state index contributed by atoms with van der Waals surface area (Å²) < 4.78 is 0. The van der Waals surface area contributed by atoms with Crippen LogP contribution in [-0.2, 0) is 18.4 Å². The number of aromatic nitrogens is 1. The van der Waals surface area contributed by atoms with Gasteiger partial charge >= 0.3 is 0 Å². The summed E-state index contributed by atoms with van der Waals surface area (Å²) in [7, 11) is 0. The quantitative estimate of drug-likeness (QED) is 0.490. The first-order chi connectivity index (χ1) is 14.7. The van der Waals surface area contributed by atoms with Crippen LogP contribution in [0.15, 0.2) is 78.9 Å². The number of fused-ring (bicyclic) bond motifs is 6. The predicted molar refractivity (Wildman–Crippen MR) is 121 cm³/mol. The molecule has 0 unspecified atom stereocenters. The van der Waals surface area contributed by atoms with Crippen LogP contribution in [-0.4, -0.2) is 27.6 Å². The number of hydrogen-bond donors (Lipinski definition) is 2. The SMILES string of the molecule is Oc1cccc([C@]23CCN(Cc4ccccc4)[C@H](Cc4[nH]c5ccccc5c42)C3)c1. The molecule has 1 aliphatic heterocycles. The zero-order valence-electron chi connectivity index (χ0n) is 17.0. The smallest absolute Gasteiger partial charge is 0.115 e. The van der Waals surface area contributed by atoms with Crippen LogP contribution in [0, 0.1) is 0 Å². The molecule has 2 bridgehead atoms. The highest BCUT2D eigenvalue weighted by Gasteiger charge is 2.48. The molecule has 0 spiro atoms. The Morgan fingerprint density at radius 1 is 0.967 bits per heavy atom. The van der Waals surface area contributed by atoms with Crippen LogP contribution in [0.2, 0.25) is 0 Å². The molecule has 0 amide bonds. The second kappa shape index (κ2) is 6.75. The number of nitrogens with zero attached hydrogens (tertiary/aromatic N) is 1. The van der Waals surface area contributed by atoms with Gasteiger partial charge in [-0.05, 0) is 54.3 Å². The van der Waals surface area contributed by atoms with E-state index >= 15 is 0 Å². The number of benzene rings is 3. The van der Waals surface area contributed by atoms with E-state index in [1.54, 1.807) is 6.07 Å². The van der Waals surface area contributed by atoms with E-state index in [0.717, 1.165) is 32.4 Å². The molecule has 1 aromatic heterocycles. The Bertz CT molecular complexity index is 1210. The van der Waals surface area contributed by atoms with Gasteiger partial charge in [-0.3, -0.25) is 4.90 Å². The zero-order valence-corrected chi connectivity index (χ0v) is 17.0. The van der Waals surface area contributed by atoms with E-state index in [2.05, 4.69) is 70.5 Å². The van der Waals surface area contributed by atoms with Crippen molar-refractivity contribution in [3.8, 4) is 5.75 Å². The van der Waals surface area contributed by atoms with Gasteiger partial charge in [0.1, 0.15) is 5.75 Å². The number of piperidine rings is 1. The summed E-state index contributed by atoms with van der Waals surface area (Å²) in [6.45, 7) is 2.06. The molecule has 1 fully saturated rings. The van der Waals surface area contributed by atoms with Crippen molar-refractivity contribution in [3.05, 3.63) is 101 Å². The number of phenolic OH excluding ortho intramolecular Hbond substituents is 1. The lowest BCUT2D eigenvalue weighted by molar-refractivity contribution is 0.0889. The highest BCUT2D eigenvalue weighted by molar-refractivity contribution is 5.87. The number of H-pyrrole nitrogens is 1. The summed E-state index contributed by atoms with van der Waals surface area (Å²) in [5.74, 6) is 0.358. The summed E-state index contributed by atoms with van der Waals surface area (Å²) in [4.78, 5) is 6.41. The molecule has 3 nitrogen and oxygen atoms in total. The molecule has 0 saturated carbocycles. The van der Waals surface area contributed by atoms with Crippen LogP contribution < -0.4 is 0 Å². The molecule has 2 heterocycles. The number of phenols is 1. The van der Waals surface area contributed by atoms with Crippen molar-refractivity contribution in [1.29, 1.82) is 0 Å². The molecule has 3 aromatic carbocycles. The Balaban J connectivity index is 1.49. The van der Waals surface area contributed by atoms with Gasteiger partial charge in [-0.2, -0.15) is 0 Å². The Kier molecular flexibility index (Phi) is 4.00. The number of rotatable bonds is 3. The molecule has 3 heteroatoms. The monoisotopic (exact) mass is 394 g/mol. The molecule has 2 atom stereocenters. The molecule has 6 rings (SSSR count). The van der Waals surface area contributed by atoms with E-state index in [-0.39, 0.29) is 5.41 Å². The third-order valence-electron chi connectivity index (χ3n) is 7.26. The van der Waals surface area contributed by atoms with Gasteiger partial charge in [-0.15, -0.1) is 0 Å². The predicted octanol–water partition coefficient (Wildman–Crippen LogP) is 5.38. The van der Waals surface area contributed by atoms with Crippen molar-refractivity contribution in [2.75, 3.05) is 6.54 Å². The molecule has 2 aliphatic rings. The van der Waals surface area contributed by atoms with Gasteiger partial charge in [0.05, 0.1) is 0 Å². The summed E-state index contributed by atoms with van der Waals surface area (Å²) >= 11 is 0. The van der Waals surface area contributed by atoms with Gasteiger partial charge in [0.25, 0.3) is 0 Å². The molecule has 150 valence electrons. The lowest BCUT2D eigenvalue weighted by Crippen LogP contribution is -2.53. The Morgan fingerprint density at radius 3 is 2.67 bits per heavy atom. The molecular weight excluding hydrogens is 368 g/mol. The van der Waals surface area contributed by atoms with Gasteiger partial charge in [-0.1, -0.05) is 60.7 Å². The van der Waals surface area contributed by atoms with Crippen LogP contribution >= 0.6 is 0 Å². The second-order valence-corrected chi connectivity index (χ2v) is 8.92. The van der Waals surface area contributed by atoms with Crippen molar-refractivity contribution < 1.29 is 5.11 Å². The third kappa shape index (κ3) is 2.69. The van der Waals surface area contributed by atoms with Crippen molar-refractivity contribution >= 4 is 10.9 Å². The van der Waals surface area contributed by atoms with Crippen molar-refractivity contribution in [2.45, 2.75) is 37.3 Å². The van der Waals surface area contributed by atoms with Crippen LogP contribution in [0.5, 0.6) is 5.75 Å². The molecule has 1 saturated heterocycles. The number of aromatic amines is 1. The first-order valence-corrected chi connectivity index (χ1v) is 10.9. The van der Waals surface area contributed by atoms with E-state index < -0.39 is 0 Å². The molecule has 0 radical (unpaired) electrons. The minimum absolute atomic E-state index is 0.0518. The fraction of sp³-hybridized carbons (Fsp3) is 0.259. The average Bonchev–Trinajstić information content (AvgIpc) is 3.15. The molecule has 4 aromatic rings. The minimum Gasteiger partial charge on any atom is -0.508 e. The Labute approximate surface area is 177 Å². The highest BCUT2D eigenvalue weighted by Crippen LogP contribution is 2.52. The fourth-order valence-corrected chi connectivity index (χ4v) is 5.95. The number of para-hydroxylation sites is 1. The van der Waals surface area contributed by atoms with E-state index in [4.69, 9.17) is 0 Å². The fourth-order valence-electron chi connectivity index (χ4n) is 5.95. The van der Waals surface area contributed by atoms with E-state index in [9.17, 15) is 5.11 Å². The van der Waals surface area contributed by atoms with Crippen LogP contribution in [0.25, 0.3) is 10.9 Å².